The quantitative estimate of drug-likeness (QED) is 0.840. The largest absolute Gasteiger partial charge is 0.496 e. The molecule has 1 aliphatic rings. The summed E-state index contributed by atoms with van der Waals surface area (Å²) in [5.41, 5.74) is 1.37. The zero-order valence-electron chi connectivity index (χ0n) is 10.2. The molecule has 0 heterocycles. The Morgan fingerprint density at radius 2 is 2.12 bits per heavy atom. The normalized spacial score (nSPS) is 24.6. The van der Waals surface area contributed by atoms with E-state index in [1.165, 1.54) is 24.8 Å². The van der Waals surface area contributed by atoms with Gasteiger partial charge in [0.15, 0.2) is 0 Å². The third-order valence-electron chi connectivity index (χ3n) is 3.52. The number of hydrogen-bond donors (Lipinski definition) is 1. The van der Waals surface area contributed by atoms with Crippen molar-refractivity contribution in [1.82, 2.24) is 5.32 Å². The molecule has 1 N–H and O–H groups in total. The van der Waals surface area contributed by atoms with Gasteiger partial charge in [0.1, 0.15) is 5.75 Å². The third kappa shape index (κ3) is 2.22. The second-order valence-corrected chi connectivity index (χ2v) is 4.44. The fourth-order valence-corrected chi connectivity index (χ4v) is 2.81. The highest BCUT2D eigenvalue weighted by molar-refractivity contribution is 5.37. The number of rotatable bonds is 4. The fourth-order valence-electron chi connectivity index (χ4n) is 2.81. The summed E-state index contributed by atoms with van der Waals surface area (Å²) in [4.78, 5) is 0. The molecule has 88 valence electrons. The van der Waals surface area contributed by atoms with Crippen LogP contribution in [0.15, 0.2) is 24.3 Å². The standard InChI is InChI=1S/C14H21NO/c1-3-15-13-9-6-8-11(13)12-7-4-5-10-14(12)16-2/h4-5,7,10-11,13,15H,3,6,8-9H2,1-2H3. The van der Waals surface area contributed by atoms with Crippen LogP contribution in [0.4, 0.5) is 0 Å². The van der Waals surface area contributed by atoms with E-state index in [9.17, 15) is 0 Å². The maximum atomic E-state index is 5.46. The molecule has 1 saturated carbocycles. The lowest BCUT2D eigenvalue weighted by Crippen LogP contribution is -2.31. The Morgan fingerprint density at radius 1 is 1.31 bits per heavy atom. The fraction of sp³-hybridized carbons (Fsp3) is 0.571. The van der Waals surface area contributed by atoms with Gasteiger partial charge in [0.25, 0.3) is 0 Å². The number of likely N-dealkylation sites (N-methyl/N-ethyl adjacent to an activating group) is 1. The van der Waals surface area contributed by atoms with Gasteiger partial charge < -0.3 is 10.1 Å². The minimum absolute atomic E-state index is 0.621. The van der Waals surface area contributed by atoms with Crippen molar-refractivity contribution >= 4 is 0 Å². The van der Waals surface area contributed by atoms with Crippen LogP contribution in [0.3, 0.4) is 0 Å². The average molecular weight is 219 g/mol. The molecule has 1 aromatic rings. The molecule has 1 aliphatic carbocycles. The number of ether oxygens (including phenoxy) is 1. The van der Waals surface area contributed by atoms with E-state index < -0.39 is 0 Å². The second-order valence-electron chi connectivity index (χ2n) is 4.44. The van der Waals surface area contributed by atoms with Crippen molar-refractivity contribution in [3.05, 3.63) is 29.8 Å². The smallest absolute Gasteiger partial charge is 0.122 e. The first kappa shape index (κ1) is 11.5. The highest BCUT2D eigenvalue weighted by atomic mass is 16.5. The van der Waals surface area contributed by atoms with Gasteiger partial charge in [-0.25, -0.2) is 0 Å². The molecule has 2 heteroatoms. The maximum Gasteiger partial charge on any atom is 0.122 e. The Morgan fingerprint density at radius 3 is 2.88 bits per heavy atom. The van der Waals surface area contributed by atoms with Crippen molar-refractivity contribution < 1.29 is 4.74 Å². The molecule has 2 atom stereocenters. The van der Waals surface area contributed by atoms with Gasteiger partial charge in [-0.15, -0.1) is 0 Å². The van der Waals surface area contributed by atoms with Crippen molar-refractivity contribution in [1.29, 1.82) is 0 Å². The van der Waals surface area contributed by atoms with Gasteiger partial charge >= 0.3 is 0 Å². The van der Waals surface area contributed by atoms with Crippen molar-refractivity contribution in [2.75, 3.05) is 13.7 Å². The Balaban J connectivity index is 2.21. The van der Waals surface area contributed by atoms with E-state index in [2.05, 4.69) is 30.4 Å². The first-order chi connectivity index (χ1) is 7.86. The lowest BCUT2D eigenvalue weighted by atomic mass is 9.93. The van der Waals surface area contributed by atoms with Gasteiger partial charge in [0, 0.05) is 12.0 Å². The van der Waals surface area contributed by atoms with Crippen LogP contribution in [0.25, 0.3) is 0 Å². The molecule has 2 rings (SSSR count). The monoisotopic (exact) mass is 219 g/mol. The van der Waals surface area contributed by atoms with Crippen LogP contribution in [0, 0.1) is 0 Å². The van der Waals surface area contributed by atoms with Crippen LogP contribution in [0.2, 0.25) is 0 Å². The Kier molecular flexibility index (Phi) is 3.83. The van der Waals surface area contributed by atoms with Crippen molar-refractivity contribution in [3.63, 3.8) is 0 Å². The summed E-state index contributed by atoms with van der Waals surface area (Å²) in [6.45, 7) is 3.23. The van der Waals surface area contributed by atoms with Crippen LogP contribution in [-0.2, 0) is 0 Å². The number of methoxy groups -OCH3 is 1. The predicted octanol–water partition coefficient (Wildman–Crippen LogP) is 2.94. The van der Waals surface area contributed by atoms with Crippen LogP contribution in [-0.4, -0.2) is 19.7 Å². The molecule has 0 spiro atoms. The molecular weight excluding hydrogens is 198 g/mol. The predicted molar refractivity (Wildman–Crippen MR) is 67.1 cm³/mol. The van der Waals surface area contributed by atoms with Crippen molar-refractivity contribution in [2.45, 2.75) is 38.1 Å². The van der Waals surface area contributed by atoms with Crippen LogP contribution < -0.4 is 10.1 Å². The molecule has 2 unspecified atom stereocenters. The molecule has 2 nitrogen and oxygen atoms in total. The molecule has 1 aromatic carbocycles. The molecular formula is C14H21NO. The number of hydrogen-bond acceptors (Lipinski definition) is 2. The number of nitrogens with one attached hydrogen (secondary N) is 1. The van der Waals surface area contributed by atoms with Gasteiger partial charge in [-0.05, 0) is 31.0 Å². The van der Waals surface area contributed by atoms with E-state index in [-0.39, 0.29) is 0 Å². The molecule has 0 aromatic heterocycles. The van der Waals surface area contributed by atoms with E-state index in [1.54, 1.807) is 7.11 Å². The van der Waals surface area contributed by atoms with Crippen LogP contribution in [0.1, 0.15) is 37.7 Å². The zero-order chi connectivity index (χ0) is 11.4. The van der Waals surface area contributed by atoms with E-state index in [1.807, 2.05) is 6.07 Å². The van der Waals surface area contributed by atoms with Crippen LogP contribution >= 0.6 is 0 Å². The Bertz CT molecular complexity index is 337. The number of para-hydroxylation sites is 1. The van der Waals surface area contributed by atoms with E-state index in [0.717, 1.165) is 12.3 Å². The molecule has 0 bridgehead atoms. The first-order valence-corrected chi connectivity index (χ1v) is 6.23. The van der Waals surface area contributed by atoms with Gasteiger partial charge in [0.05, 0.1) is 7.11 Å². The Labute approximate surface area is 98.0 Å². The SMILES string of the molecule is CCNC1CCCC1c1ccccc1OC. The molecule has 1 fully saturated rings. The van der Waals surface area contributed by atoms with Crippen molar-refractivity contribution in [3.8, 4) is 5.75 Å². The zero-order valence-corrected chi connectivity index (χ0v) is 10.2. The molecule has 0 aliphatic heterocycles. The van der Waals surface area contributed by atoms with Gasteiger partial charge in [-0.1, -0.05) is 31.5 Å². The highest BCUT2D eigenvalue weighted by Crippen LogP contribution is 2.38. The van der Waals surface area contributed by atoms with Crippen LogP contribution in [0.5, 0.6) is 5.75 Å². The summed E-state index contributed by atoms with van der Waals surface area (Å²) >= 11 is 0. The summed E-state index contributed by atoms with van der Waals surface area (Å²) in [5.74, 6) is 1.66. The second kappa shape index (κ2) is 5.35. The Hall–Kier alpha value is -1.02. The topological polar surface area (TPSA) is 21.3 Å². The lowest BCUT2D eigenvalue weighted by molar-refractivity contribution is 0.398. The summed E-state index contributed by atoms with van der Waals surface area (Å²) in [6.07, 6.45) is 3.88. The van der Waals surface area contributed by atoms with E-state index >= 15 is 0 Å². The van der Waals surface area contributed by atoms with Gasteiger partial charge in [-0.2, -0.15) is 0 Å². The molecule has 0 amide bonds. The number of benzene rings is 1. The molecule has 16 heavy (non-hydrogen) atoms. The third-order valence-corrected chi connectivity index (χ3v) is 3.52. The lowest BCUT2D eigenvalue weighted by Gasteiger charge is -2.22. The minimum atomic E-state index is 0.621. The van der Waals surface area contributed by atoms with Gasteiger partial charge in [-0.3, -0.25) is 0 Å². The molecule has 0 saturated heterocycles. The summed E-state index contributed by atoms with van der Waals surface area (Å²) in [6, 6.07) is 9.05. The van der Waals surface area contributed by atoms with Gasteiger partial charge in [0.2, 0.25) is 0 Å². The van der Waals surface area contributed by atoms with E-state index in [4.69, 9.17) is 4.74 Å². The first-order valence-electron chi connectivity index (χ1n) is 6.23. The summed E-state index contributed by atoms with van der Waals surface area (Å²) < 4.78 is 5.46. The highest BCUT2D eigenvalue weighted by Gasteiger charge is 2.29. The maximum absolute atomic E-state index is 5.46. The molecule has 0 radical (unpaired) electrons. The summed E-state index contributed by atoms with van der Waals surface area (Å²) in [7, 11) is 1.76. The summed E-state index contributed by atoms with van der Waals surface area (Å²) in [5, 5.41) is 3.59. The average Bonchev–Trinajstić information content (AvgIpc) is 2.77. The van der Waals surface area contributed by atoms with E-state index in [0.29, 0.717) is 12.0 Å². The minimum Gasteiger partial charge on any atom is -0.496 e. The van der Waals surface area contributed by atoms with Crippen molar-refractivity contribution in [2.24, 2.45) is 0 Å².